The molecule has 10 heteroatoms. The minimum Gasteiger partial charge on any atom is -0.466 e. The third kappa shape index (κ3) is 59.4. The molecule has 0 aromatic carbocycles. The lowest BCUT2D eigenvalue weighted by Crippen LogP contribution is -2.33. The first-order valence-corrected chi connectivity index (χ1v) is 36.2. The summed E-state index contributed by atoms with van der Waals surface area (Å²) in [5, 5.41) is 0. The van der Waals surface area contributed by atoms with Gasteiger partial charge in [0.2, 0.25) is 0 Å². The van der Waals surface area contributed by atoms with Crippen LogP contribution in [0.3, 0.4) is 0 Å². The number of nitrogens with zero attached hydrogens (tertiary/aromatic N) is 2. The van der Waals surface area contributed by atoms with Crippen molar-refractivity contribution in [1.82, 2.24) is 9.80 Å². The third-order valence-electron chi connectivity index (χ3n) is 16.6. The molecule has 0 bridgehead atoms. The van der Waals surface area contributed by atoms with Crippen molar-refractivity contribution in [3.8, 4) is 0 Å². The van der Waals surface area contributed by atoms with E-state index < -0.39 is 0 Å². The Morgan fingerprint density at radius 2 is 0.614 bits per heavy atom. The average Bonchev–Trinajstić information content (AvgIpc) is 3.48. The predicted molar refractivity (Wildman–Crippen MR) is 353 cm³/mol. The molecule has 0 heterocycles. The van der Waals surface area contributed by atoms with Crippen LogP contribution >= 0.6 is 0 Å². The molecule has 0 aliphatic rings. The van der Waals surface area contributed by atoms with Gasteiger partial charge in [-0.05, 0) is 110 Å². The van der Waals surface area contributed by atoms with Gasteiger partial charge >= 0.3 is 23.9 Å². The second kappa shape index (κ2) is 65.3. The largest absolute Gasteiger partial charge is 0.466 e. The Bertz CT molecular complexity index is 1370. The first kappa shape index (κ1) is 80.3. The highest BCUT2D eigenvalue weighted by Gasteiger charge is 2.16. The minimum atomic E-state index is -0.156. The van der Waals surface area contributed by atoms with Crippen molar-refractivity contribution in [3.05, 3.63) is 24.3 Å². The van der Waals surface area contributed by atoms with E-state index in [9.17, 15) is 19.2 Å². The molecule has 0 saturated carbocycles. The monoisotopic (exact) mass is 1170 g/mol. The molecule has 0 aliphatic heterocycles. The van der Waals surface area contributed by atoms with Crippen LogP contribution in [0, 0.1) is 0 Å². The van der Waals surface area contributed by atoms with Crippen molar-refractivity contribution < 1.29 is 38.1 Å². The van der Waals surface area contributed by atoms with Crippen LogP contribution in [0.25, 0.3) is 0 Å². The van der Waals surface area contributed by atoms with E-state index in [2.05, 4.69) is 75.6 Å². The summed E-state index contributed by atoms with van der Waals surface area (Å²) in [7, 11) is 0. The van der Waals surface area contributed by atoms with E-state index in [1.54, 1.807) is 0 Å². The summed E-state index contributed by atoms with van der Waals surface area (Å²) in [5.41, 5.74) is 0. The van der Waals surface area contributed by atoms with Crippen LogP contribution in [0.1, 0.15) is 356 Å². The lowest BCUT2D eigenvalue weighted by Gasteiger charge is -2.24. The first-order valence-electron chi connectivity index (χ1n) is 36.2. The van der Waals surface area contributed by atoms with Gasteiger partial charge < -0.3 is 28.7 Å². The van der Waals surface area contributed by atoms with E-state index in [1.807, 2.05) is 0 Å². The number of esters is 4. The van der Waals surface area contributed by atoms with Gasteiger partial charge in [0.05, 0.1) is 26.1 Å². The molecule has 10 nitrogen and oxygen atoms in total. The van der Waals surface area contributed by atoms with Gasteiger partial charge in [-0.2, -0.15) is 0 Å². The van der Waals surface area contributed by atoms with E-state index >= 15 is 0 Å². The normalized spacial score (nSPS) is 12.5. The zero-order valence-electron chi connectivity index (χ0n) is 55.9. The molecule has 83 heavy (non-hydrogen) atoms. The summed E-state index contributed by atoms with van der Waals surface area (Å²) >= 11 is 0. The highest BCUT2D eigenvalue weighted by molar-refractivity contribution is 5.70. The molecule has 488 valence electrons. The van der Waals surface area contributed by atoms with Gasteiger partial charge in [0, 0.05) is 38.8 Å². The molecule has 0 aromatic heterocycles. The van der Waals surface area contributed by atoms with E-state index in [0.29, 0.717) is 52.0 Å². The molecular formula is C73H138N2O8. The Balaban J connectivity index is 4.38. The number of hydrogen-bond donors (Lipinski definition) is 0. The Morgan fingerprint density at radius 1 is 0.301 bits per heavy atom. The van der Waals surface area contributed by atoms with Crippen molar-refractivity contribution in [2.45, 2.75) is 368 Å². The third-order valence-corrected chi connectivity index (χ3v) is 16.6. The molecule has 0 saturated heterocycles. The number of carbonyl (C=O) groups excluding carboxylic acids is 4. The Labute approximate surface area is 514 Å². The number of ether oxygens (including phenoxy) is 4. The van der Waals surface area contributed by atoms with Crippen LogP contribution in [0.2, 0.25) is 0 Å². The SMILES string of the molecule is CCCCCCCCCCCC(=O)OC(C/C=C\CCCCCCCCOC(=O)CCN(CCCN(CC)CC)CCC(=O)OCCCCCCCC/C=C\CC(CCCCCC)OC(=O)CCCCCCCCCCC)CCCCCC. The Morgan fingerprint density at radius 3 is 0.976 bits per heavy atom. The van der Waals surface area contributed by atoms with Crippen LogP contribution in [-0.2, 0) is 38.1 Å². The topological polar surface area (TPSA) is 112 Å². The standard InChI is InChI=1S/C73H138N2O8/c1-7-13-17-21-23-27-35-41-49-58-72(78)82-68(54-45-19-15-9-3)56-47-39-33-29-25-31-37-43-51-66-80-70(76)60-64-75(63-53-62-74(11-5)12-6)65-61-71(77)81-67-52-44-38-32-26-30-34-40-48-57-69(55-46-20-16-10-4)83-73(79)59-50-42-36-28-24-22-18-14-8-2/h39-40,47-48,68-69H,7-38,41-46,49-67H2,1-6H3/b47-39-,48-40-. The molecule has 0 radical (unpaired) electrons. The van der Waals surface area contributed by atoms with Crippen LogP contribution in [0.5, 0.6) is 0 Å². The number of unbranched alkanes of at least 4 members (excludes halogenated alkanes) is 34. The van der Waals surface area contributed by atoms with Crippen molar-refractivity contribution >= 4 is 23.9 Å². The van der Waals surface area contributed by atoms with Gasteiger partial charge in [-0.3, -0.25) is 19.2 Å². The molecule has 0 fully saturated rings. The van der Waals surface area contributed by atoms with E-state index in [-0.39, 0.29) is 36.1 Å². The fourth-order valence-corrected chi connectivity index (χ4v) is 11.0. The van der Waals surface area contributed by atoms with Crippen molar-refractivity contribution in [2.24, 2.45) is 0 Å². The quantitative estimate of drug-likeness (QED) is 0.0253. The van der Waals surface area contributed by atoms with Crippen molar-refractivity contribution in [2.75, 3.05) is 52.5 Å². The van der Waals surface area contributed by atoms with Gasteiger partial charge in [0.1, 0.15) is 12.2 Å². The number of allylic oxidation sites excluding steroid dienone is 2. The average molecular weight is 1170 g/mol. The molecule has 0 rings (SSSR count). The van der Waals surface area contributed by atoms with Crippen molar-refractivity contribution in [3.63, 3.8) is 0 Å². The Kier molecular flexibility index (Phi) is 63.1. The molecule has 0 amide bonds. The fourth-order valence-electron chi connectivity index (χ4n) is 11.0. The van der Waals surface area contributed by atoms with Crippen LogP contribution in [0.4, 0.5) is 0 Å². The molecule has 0 N–H and O–H groups in total. The summed E-state index contributed by atoms with van der Waals surface area (Å²) in [6.07, 6.45) is 62.9. The van der Waals surface area contributed by atoms with Crippen LogP contribution in [0.15, 0.2) is 24.3 Å². The van der Waals surface area contributed by atoms with E-state index in [1.165, 1.54) is 154 Å². The second-order valence-electron chi connectivity index (χ2n) is 24.5. The van der Waals surface area contributed by atoms with Crippen LogP contribution in [-0.4, -0.2) is 98.4 Å². The second-order valence-corrected chi connectivity index (χ2v) is 24.5. The summed E-state index contributed by atoms with van der Waals surface area (Å²) < 4.78 is 23.3. The maximum Gasteiger partial charge on any atom is 0.307 e. The number of hydrogen-bond acceptors (Lipinski definition) is 10. The Hall–Kier alpha value is -2.72. The van der Waals surface area contributed by atoms with Crippen LogP contribution < -0.4 is 0 Å². The van der Waals surface area contributed by atoms with E-state index in [4.69, 9.17) is 18.9 Å². The minimum absolute atomic E-state index is 0.00389. The maximum atomic E-state index is 12.8. The fraction of sp³-hybridized carbons (Fsp3) is 0.890. The smallest absolute Gasteiger partial charge is 0.307 e. The molecule has 2 unspecified atom stereocenters. The summed E-state index contributed by atoms with van der Waals surface area (Å²) in [6.45, 7) is 19.4. The highest BCUT2D eigenvalue weighted by Crippen LogP contribution is 2.19. The zero-order valence-corrected chi connectivity index (χ0v) is 55.9. The van der Waals surface area contributed by atoms with Gasteiger partial charge in [-0.25, -0.2) is 0 Å². The summed E-state index contributed by atoms with van der Waals surface area (Å²) in [6, 6.07) is 0. The van der Waals surface area contributed by atoms with Gasteiger partial charge in [0.15, 0.2) is 0 Å². The lowest BCUT2D eigenvalue weighted by molar-refractivity contribution is -0.150. The highest BCUT2D eigenvalue weighted by atomic mass is 16.6. The number of carbonyl (C=O) groups is 4. The summed E-state index contributed by atoms with van der Waals surface area (Å²) in [4.78, 5) is 55.6. The zero-order chi connectivity index (χ0) is 60.6. The first-order chi connectivity index (χ1) is 40.7. The molecule has 2 atom stereocenters. The van der Waals surface area contributed by atoms with E-state index in [0.717, 1.165) is 161 Å². The molecule has 0 aromatic rings. The predicted octanol–water partition coefficient (Wildman–Crippen LogP) is 20.8. The molecule has 0 spiro atoms. The van der Waals surface area contributed by atoms with Crippen molar-refractivity contribution in [1.29, 1.82) is 0 Å². The molecule has 0 aliphatic carbocycles. The van der Waals surface area contributed by atoms with Gasteiger partial charge in [-0.15, -0.1) is 0 Å². The maximum absolute atomic E-state index is 12.8. The summed E-state index contributed by atoms with van der Waals surface area (Å²) in [5.74, 6) is -0.338. The lowest BCUT2D eigenvalue weighted by atomic mass is 10.1. The molecular weight excluding hydrogens is 1030 g/mol. The number of rotatable bonds is 66. The van der Waals surface area contributed by atoms with Gasteiger partial charge in [-0.1, -0.05) is 258 Å². The van der Waals surface area contributed by atoms with Gasteiger partial charge in [0.25, 0.3) is 0 Å².